The summed E-state index contributed by atoms with van der Waals surface area (Å²) in [5.74, 6) is 0.315. The van der Waals surface area contributed by atoms with E-state index in [0.29, 0.717) is 5.75 Å². The highest BCUT2D eigenvalue weighted by Gasteiger charge is 2.03. The first-order chi connectivity index (χ1) is 8.72. The van der Waals surface area contributed by atoms with Gasteiger partial charge in [-0.2, -0.15) is 0 Å². The van der Waals surface area contributed by atoms with Gasteiger partial charge in [0.15, 0.2) is 0 Å². The maximum atomic E-state index is 9.26. The van der Waals surface area contributed by atoms with E-state index in [0.717, 1.165) is 17.7 Å². The third-order valence-electron chi connectivity index (χ3n) is 3.01. The molecule has 0 radical (unpaired) electrons. The monoisotopic (exact) mass is 258 g/mol. The molecule has 0 unspecified atom stereocenters. The summed E-state index contributed by atoms with van der Waals surface area (Å²) >= 11 is 1.73. The van der Waals surface area contributed by atoms with Crippen LogP contribution < -0.4 is 0 Å². The summed E-state index contributed by atoms with van der Waals surface area (Å²) in [5, 5.41) is 9.26. The predicted octanol–water partition coefficient (Wildman–Crippen LogP) is 4.67. The van der Waals surface area contributed by atoms with Crippen molar-refractivity contribution in [3.63, 3.8) is 0 Å². The number of benzene rings is 2. The summed E-state index contributed by atoms with van der Waals surface area (Å²) in [6.07, 6.45) is 2.17. The molecule has 0 aliphatic rings. The van der Waals surface area contributed by atoms with E-state index in [4.69, 9.17) is 0 Å². The van der Waals surface area contributed by atoms with Crippen LogP contribution in [-0.4, -0.2) is 5.11 Å². The minimum absolute atomic E-state index is 0.315. The minimum Gasteiger partial charge on any atom is -0.508 e. The largest absolute Gasteiger partial charge is 0.508 e. The molecule has 0 aliphatic heterocycles. The molecule has 2 aromatic rings. The molecule has 0 spiro atoms. The van der Waals surface area contributed by atoms with Crippen molar-refractivity contribution in [1.29, 1.82) is 0 Å². The zero-order chi connectivity index (χ0) is 13.0. The fraction of sp³-hybridized carbons (Fsp3) is 0.250. The van der Waals surface area contributed by atoms with Gasteiger partial charge in [0.2, 0.25) is 0 Å². The van der Waals surface area contributed by atoms with Gasteiger partial charge in [0.25, 0.3) is 0 Å². The van der Waals surface area contributed by atoms with Crippen LogP contribution in [0.4, 0.5) is 0 Å². The predicted molar refractivity (Wildman–Crippen MR) is 77.4 cm³/mol. The number of hydrogen-bond acceptors (Lipinski definition) is 2. The van der Waals surface area contributed by atoms with Crippen molar-refractivity contribution in [3.8, 4) is 5.75 Å². The lowest BCUT2D eigenvalue weighted by Gasteiger charge is -2.08. The first-order valence-electron chi connectivity index (χ1n) is 6.31. The molecule has 0 heterocycles. The third kappa shape index (κ3) is 3.08. The smallest absolute Gasteiger partial charge is 0.115 e. The number of rotatable bonds is 4. The molecule has 2 heteroatoms. The first-order valence-corrected chi connectivity index (χ1v) is 7.13. The highest BCUT2D eigenvalue weighted by atomic mass is 32.2. The molecule has 0 saturated heterocycles. The van der Waals surface area contributed by atoms with E-state index >= 15 is 0 Å². The van der Waals surface area contributed by atoms with Crippen LogP contribution in [0.15, 0.2) is 52.3 Å². The Morgan fingerprint density at radius 2 is 1.44 bits per heavy atom. The van der Waals surface area contributed by atoms with E-state index in [1.165, 1.54) is 16.0 Å². The van der Waals surface area contributed by atoms with Crippen molar-refractivity contribution >= 4 is 11.8 Å². The van der Waals surface area contributed by atoms with Crippen molar-refractivity contribution in [3.05, 3.63) is 53.6 Å². The zero-order valence-corrected chi connectivity index (χ0v) is 11.6. The lowest BCUT2D eigenvalue weighted by molar-refractivity contribution is 0.475. The molecular formula is C16H18OS. The van der Waals surface area contributed by atoms with E-state index in [1.54, 1.807) is 23.9 Å². The summed E-state index contributed by atoms with van der Waals surface area (Å²) in [4.78, 5) is 2.41. The summed E-state index contributed by atoms with van der Waals surface area (Å²) < 4.78 is 0. The van der Waals surface area contributed by atoms with Crippen LogP contribution in [-0.2, 0) is 12.8 Å². The zero-order valence-electron chi connectivity index (χ0n) is 10.8. The van der Waals surface area contributed by atoms with Crippen molar-refractivity contribution in [2.24, 2.45) is 0 Å². The fourth-order valence-corrected chi connectivity index (χ4v) is 2.87. The second-order valence-corrected chi connectivity index (χ2v) is 5.38. The number of aryl methyl sites for hydroxylation is 2. The second-order valence-electron chi connectivity index (χ2n) is 4.23. The van der Waals surface area contributed by atoms with Gasteiger partial charge in [-0.3, -0.25) is 0 Å². The highest BCUT2D eigenvalue weighted by molar-refractivity contribution is 7.99. The minimum atomic E-state index is 0.315. The normalized spacial score (nSPS) is 10.6. The fourth-order valence-electron chi connectivity index (χ4n) is 1.99. The molecular weight excluding hydrogens is 240 g/mol. The molecule has 0 amide bonds. The summed E-state index contributed by atoms with van der Waals surface area (Å²) in [5.41, 5.74) is 2.87. The quantitative estimate of drug-likeness (QED) is 0.860. The van der Waals surface area contributed by atoms with E-state index in [2.05, 4.69) is 32.0 Å². The van der Waals surface area contributed by atoms with Crippen molar-refractivity contribution in [2.75, 3.05) is 0 Å². The molecule has 94 valence electrons. The summed E-state index contributed by atoms with van der Waals surface area (Å²) in [6.45, 7) is 4.39. The van der Waals surface area contributed by atoms with E-state index in [9.17, 15) is 5.11 Å². The molecule has 0 fully saturated rings. The molecule has 18 heavy (non-hydrogen) atoms. The van der Waals surface area contributed by atoms with Crippen LogP contribution in [0.3, 0.4) is 0 Å². The maximum Gasteiger partial charge on any atom is 0.115 e. The standard InChI is InChI=1S/C16H18OS/c1-3-12-5-8-16(11-13(12)4-2)18-15-9-6-14(17)7-10-15/h5-11,17H,3-4H2,1-2H3. The second kappa shape index (κ2) is 5.96. The third-order valence-corrected chi connectivity index (χ3v) is 4.01. The van der Waals surface area contributed by atoms with Gasteiger partial charge >= 0.3 is 0 Å². The summed E-state index contributed by atoms with van der Waals surface area (Å²) in [6, 6.07) is 14.0. The molecule has 0 saturated carbocycles. The van der Waals surface area contributed by atoms with Gasteiger partial charge in [-0.25, -0.2) is 0 Å². The number of phenols is 1. The van der Waals surface area contributed by atoms with Gasteiger partial charge in [-0.15, -0.1) is 0 Å². The molecule has 1 nitrogen and oxygen atoms in total. The molecule has 0 atom stereocenters. The maximum absolute atomic E-state index is 9.26. The Labute approximate surface area is 113 Å². The molecule has 0 aromatic heterocycles. The van der Waals surface area contributed by atoms with Crippen molar-refractivity contribution in [1.82, 2.24) is 0 Å². The van der Waals surface area contributed by atoms with Gasteiger partial charge in [-0.1, -0.05) is 31.7 Å². The van der Waals surface area contributed by atoms with Crippen LogP contribution in [0.25, 0.3) is 0 Å². The number of aromatic hydroxyl groups is 1. The SMILES string of the molecule is CCc1ccc(Sc2ccc(O)cc2)cc1CC. The first kappa shape index (κ1) is 13.0. The van der Waals surface area contributed by atoms with Crippen LogP contribution in [0.2, 0.25) is 0 Å². The Morgan fingerprint density at radius 3 is 2.06 bits per heavy atom. The lowest BCUT2D eigenvalue weighted by atomic mass is 10.0. The van der Waals surface area contributed by atoms with Gasteiger partial charge in [0, 0.05) is 9.79 Å². The van der Waals surface area contributed by atoms with Crippen LogP contribution >= 0.6 is 11.8 Å². The van der Waals surface area contributed by atoms with Gasteiger partial charge in [0.1, 0.15) is 5.75 Å². The average molecular weight is 258 g/mol. The highest BCUT2D eigenvalue weighted by Crippen LogP contribution is 2.30. The average Bonchev–Trinajstić information content (AvgIpc) is 2.41. The van der Waals surface area contributed by atoms with Gasteiger partial charge < -0.3 is 5.11 Å². The number of phenolic OH excluding ortho intramolecular Hbond substituents is 1. The Hall–Kier alpha value is -1.41. The Bertz CT molecular complexity index is 517. The Kier molecular flexibility index (Phi) is 4.32. The summed E-state index contributed by atoms with van der Waals surface area (Å²) in [7, 11) is 0. The lowest BCUT2D eigenvalue weighted by Crippen LogP contribution is -1.90. The Balaban J connectivity index is 2.21. The van der Waals surface area contributed by atoms with Crippen molar-refractivity contribution in [2.45, 2.75) is 36.5 Å². The molecule has 0 bridgehead atoms. The van der Waals surface area contributed by atoms with Crippen LogP contribution in [0.5, 0.6) is 5.75 Å². The molecule has 2 aromatic carbocycles. The van der Waals surface area contributed by atoms with Gasteiger partial charge in [-0.05, 0) is 60.4 Å². The topological polar surface area (TPSA) is 20.2 Å². The van der Waals surface area contributed by atoms with Crippen molar-refractivity contribution < 1.29 is 5.11 Å². The van der Waals surface area contributed by atoms with Crippen LogP contribution in [0.1, 0.15) is 25.0 Å². The van der Waals surface area contributed by atoms with E-state index < -0.39 is 0 Å². The molecule has 1 N–H and O–H groups in total. The van der Waals surface area contributed by atoms with Gasteiger partial charge in [0.05, 0.1) is 0 Å². The Morgan fingerprint density at radius 1 is 0.833 bits per heavy atom. The van der Waals surface area contributed by atoms with E-state index in [-0.39, 0.29) is 0 Å². The van der Waals surface area contributed by atoms with Crippen LogP contribution in [0, 0.1) is 0 Å². The molecule has 0 aliphatic carbocycles. The van der Waals surface area contributed by atoms with E-state index in [1.807, 2.05) is 12.1 Å². The molecule has 2 rings (SSSR count). The number of hydrogen-bond donors (Lipinski definition) is 1.